The molecule has 0 spiro atoms. The maximum absolute atomic E-state index is 11.6. The second-order valence-corrected chi connectivity index (χ2v) is 2.80. The van der Waals surface area contributed by atoms with Crippen molar-refractivity contribution < 1.29 is 9.18 Å². The molecular formula is C7H13FN2O. The summed E-state index contributed by atoms with van der Waals surface area (Å²) in [5.41, 5.74) is 0. The molecule has 3 nitrogen and oxygen atoms in total. The van der Waals surface area contributed by atoms with Gasteiger partial charge in [0, 0.05) is 6.54 Å². The number of rotatable bonds is 3. The minimum atomic E-state index is -0.903. The van der Waals surface area contributed by atoms with Crippen LogP contribution in [0.3, 0.4) is 0 Å². The lowest BCUT2D eigenvalue weighted by Crippen LogP contribution is -2.31. The third kappa shape index (κ3) is 2.84. The zero-order valence-corrected chi connectivity index (χ0v) is 6.40. The fourth-order valence-electron chi connectivity index (χ4n) is 1.19. The van der Waals surface area contributed by atoms with Crippen molar-refractivity contribution in [2.45, 2.75) is 6.42 Å². The van der Waals surface area contributed by atoms with Crippen LogP contribution in [0, 0.1) is 5.92 Å². The van der Waals surface area contributed by atoms with E-state index in [0.717, 1.165) is 19.5 Å². The van der Waals surface area contributed by atoms with E-state index >= 15 is 0 Å². The maximum Gasteiger partial charge on any atom is 0.251 e. The van der Waals surface area contributed by atoms with E-state index in [1.54, 1.807) is 0 Å². The number of alkyl halides is 1. The van der Waals surface area contributed by atoms with Crippen molar-refractivity contribution >= 4 is 5.91 Å². The van der Waals surface area contributed by atoms with Crippen LogP contribution in [0.15, 0.2) is 0 Å². The van der Waals surface area contributed by atoms with Crippen molar-refractivity contribution in [2.24, 2.45) is 5.92 Å². The first-order valence-electron chi connectivity index (χ1n) is 3.86. The van der Waals surface area contributed by atoms with Crippen LogP contribution in [0.25, 0.3) is 0 Å². The lowest BCUT2D eigenvalue weighted by Gasteiger charge is -2.07. The van der Waals surface area contributed by atoms with Crippen molar-refractivity contribution in [3.8, 4) is 0 Å². The fourth-order valence-corrected chi connectivity index (χ4v) is 1.19. The van der Waals surface area contributed by atoms with Crippen LogP contribution in [-0.4, -0.2) is 32.2 Å². The molecule has 1 fully saturated rings. The molecule has 2 N–H and O–H groups in total. The van der Waals surface area contributed by atoms with E-state index in [0.29, 0.717) is 12.5 Å². The summed E-state index contributed by atoms with van der Waals surface area (Å²) in [5.74, 6) is -0.0117. The van der Waals surface area contributed by atoms with Gasteiger partial charge < -0.3 is 10.6 Å². The minimum absolute atomic E-state index is 0.491. The minimum Gasteiger partial charge on any atom is -0.354 e. The number of nitrogens with one attached hydrogen (secondary N) is 2. The Morgan fingerprint density at radius 3 is 3.09 bits per heavy atom. The normalized spacial score (nSPS) is 23.5. The Balaban J connectivity index is 2.06. The fraction of sp³-hybridized carbons (Fsp3) is 0.857. The molecule has 1 atom stereocenters. The van der Waals surface area contributed by atoms with Gasteiger partial charge in [0.2, 0.25) is 0 Å². The Hall–Kier alpha value is -0.640. The third-order valence-electron chi connectivity index (χ3n) is 1.87. The molecule has 0 radical (unpaired) electrons. The van der Waals surface area contributed by atoms with Crippen LogP contribution in [0.5, 0.6) is 0 Å². The summed E-state index contributed by atoms with van der Waals surface area (Å²) < 4.78 is 11.6. The molecule has 0 aliphatic carbocycles. The van der Waals surface area contributed by atoms with Gasteiger partial charge in [0.05, 0.1) is 0 Å². The highest BCUT2D eigenvalue weighted by Crippen LogP contribution is 2.04. The first-order chi connectivity index (χ1) is 5.33. The number of carbonyl (C=O) groups is 1. The van der Waals surface area contributed by atoms with E-state index in [1.165, 1.54) is 0 Å². The Kier molecular flexibility index (Phi) is 3.29. The molecule has 0 aromatic rings. The summed E-state index contributed by atoms with van der Waals surface area (Å²) in [4.78, 5) is 10.5. The van der Waals surface area contributed by atoms with E-state index in [-0.39, 0.29) is 0 Å². The first kappa shape index (κ1) is 8.46. The van der Waals surface area contributed by atoms with Crippen LogP contribution >= 0.6 is 0 Å². The molecule has 1 amide bonds. The molecule has 1 rings (SSSR count). The van der Waals surface area contributed by atoms with Crippen molar-refractivity contribution in [3.63, 3.8) is 0 Å². The van der Waals surface area contributed by atoms with Gasteiger partial charge in [-0.15, -0.1) is 0 Å². The zero-order chi connectivity index (χ0) is 8.10. The van der Waals surface area contributed by atoms with Gasteiger partial charge in [0.1, 0.15) is 0 Å². The highest BCUT2D eigenvalue weighted by molar-refractivity contribution is 5.76. The number of carbonyl (C=O) groups excluding carboxylic acids is 1. The van der Waals surface area contributed by atoms with Gasteiger partial charge in [0.25, 0.3) is 5.91 Å². The average Bonchev–Trinajstić information content (AvgIpc) is 2.52. The number of hydrogen-bond donors (Lipinski definition) is 2. The predicted octanol–water partition coefficient (Wildman–Crippen LogP) is -0.318. The molecule has 0 saturated carbocycles. The molecule has 0 bridgehead atoms. The lowest BCUT2D eigenvalue weighted by atomic mass is 10.1. The van der Waals surface area contributed by atoms with Gasteiger partial charge in [-0.05, 0) is 25.4 Å². The monoisotopic (exact) mass is 160 g/mol. The summed E-state index contributed by atoms with van der Waals surface area (Å²) in [6.07, 6.45) is 1.08. The molecule has 11 heavy (non-hydrogen) atoms. The van der Waals surface area contributed by atoms with Crippen molar-refractivity contribution in [3.05, 3.63) is 0 Å². The molecule has 1 aliphatic heterocycles. The molecule has 0 aromatic heterocycles. The van der Waals surface area contributed by atoms with Gasteiger partial charge in [0.15, 0.2) is 6.67 Å². The number of amides is 1. The number of halogens is 1. The van der Waals surface area contributed by atoms with Gasteiger partial charge in [-0.2, -0.15) is 0 Å². The summed E-state index contributed by atoms with van der Waals surface area (Å²) >= 11 is 0. The highest BCUT2D eigenvalue weighted by Gasteiger charge is 2.14. The smallest absolute Gasteiger partial charge is 0.251 e. The topological polar surface area (TPSA) is 41.1 Å². The summed E-state index contributed by atoms with van der Waals surface area (Å²) in [5, 5.41) is 5.69. The van der Waals surface area contributed by atoms with Crippen LogP contribution in [0.2, 0.25) is 0 Å². The number of hydrogen-bond acceptors (Lipinski definition) is 2. The maximum atomic E-state index is 11.6. The lowest BCUT2D eigenvalue weighted by molar-refractivity contribution is -0.122. The predicted molar refractivity (Wildman–Crippen MR) is 40.0 cm³/mol. The van der Waals surface area contributed by atoms with Gasteiger partial charge in [-0.3, -0.25) is 4.79 Å². The zero-order valence-electron chi connectivity index (χ0n) is 6.40. The van der Waals surface area contributed by atoms with E-state index in [9.17, 15) is 9.18 Å². The molecule has 1 heterocycles. The molecule has 1 saturated heterocycles. The van der Waals surface area contributed by atoms with Crippen LogP contribution in [0.4, 0.5) is 4.39 Å². The molecule has 0 aromatic carbocycles. The van der Waals surface area contributed by atoms with Gasteiger partial charge >= 0.3 is 0 Å². The largest absolute Gasteiger partial charge is 0.354 e. The Morgan fingerprint density at radius 2 is 2.55 bits per heavy atom. The molecule has 64 valence electrons. The SMILES string of the molecule is O=C(CF)NCC1CCNC1. The molecule has 1 unspecified atom stereocenters. The Bertz CT molecular complexity index is 134. The quantitative estimate of drug-likeness (QED) is 0.594. The van der Waals surface area contributed by atoms with E-state index < -0.39 is 12.6 Å². The Morgan fingerprint density at radius 1 is 1.73 bits per heavy atom. The molecule has 4 heteroatoms. The molecular weight excluding hydrogens is 147 g/mol. The highest BCUT2D eigenvalue weighted by atomic mass is 19.1. The van der Waals surface area contributed by atoms with Crippen molar-refractivity contribution in [1.82, 2.24) is 10.6 Å². The van der Waals surface area contributed by atoms with Crippen LogP contribution < -0.4 is 10.6 Å². The van der Waals surface area contributed by atoms with Crippen LogP contribution in [0.1, 0.15) is 6.42 Å². The van der Waals surface area contributed by atoms with E-state index in [1.807, 2.05) is 0 Å². The summed E-state index contributed by atoms with van der Waals surface area (Å²) in [6, 6.07) is 0. The standard InChI is InChI=1S/C7H13FN2O/c8-3-7(11)10-5-6-1-2-9-4-6/h6,9H,1-5H2,(H,10,11). The first-order valence-corrected chi connectivity index (χ1v) is 3.86. The van der Waals surface area contributed by atoms with E-state index in [2.05, 4.69) is 10.6 Å². The molecule has 1 aliphatic rings. The summed E-state index contributed by atoms with van der Waals surface area (Å²) in [7, 11) is 0. The Labute approximate surface area is 65.3 Å². The van der Waals surface area contributed by atoms with E-state index in [4.69, 9.17) is 0 Å². The second-order valence-electron chi connectivity index (χ2n) is 2.80. The van der Waals surface area contributed by atoms with Crippen molar-refractivity contribution in [1.29, 1.82) is 0 Å². The van der Waals surface area contributed by atoms with Crippen molar-refractivity contribution in [2.75, 3.05) is 26.3 Å². The van der Waals surface area contributed by atoms with Gasteiger partial charge in [-0.1, -0.05) is 0 Å². The van der Waals surface area contributed by atoms with Gasteiger partial charge in [-0.25, -0.2) is 4.39 Å². The average molecular weight is 160 g/mol. The summed E-state index contributed by atoms with van der Waals surface area (Å²) in [6.45, 7) is 1.65. The third-order valence-corrected chi connectivity index (χ3v) is 1.87. The second kappa shape index (κ2) is 4.28. The van der Waals surface area contributed by atoms with Crippen LogP contribution in [-0.2, 0) is 4.79 Å².